The lowest BCUT2D eigenvalue weighted by Gasteiger charge is -1.97. The maximum absolute atomic E-state index is 8.67. The molecule has 0 aliphatic carbocycles. The van der Waals surface area contributed by atoms with E-state index >= 15 is 0 Å². The van der Waals surface area contributed by atoms with Crippen molar-refractivity contribution in [1.29, 1.82) is 5.26 Å². The zero-order valence-corrected chi connectivity index (χ0v) is 8.82. The Morgan fingerprint density at radius 3 is 2.94 bits per heavy atom. The third kappa shape index (κ3) is 1.38. The van der Waals surface area contributed by atoms with Gasteiger partial charge >= 0.3 is 0 Å². The van der Waals surface area contributed by atoms with Crippen molar-refractivity contribution in [3.63, 3.8) is 0 Å². The van der Waals surface area contributed by atoms with Crippen LogP contribution in [-0.2, 0) is 0 Å². The number of benzene rings is 1. The molecular weight excluding hydrogens is 226 g/mol. The summed E-state index contributed by atoms with van der Waals surface area (Å²) in [6, 6.07) is 7.49. The summed E-state index contributed by atoms with van der Waals surface area (Å²) in [5, 5.41) is 17.4. The van der Waals surface area contributed by atoms with E-state index in [1.807, 2.05) is 24.3 Å². The Balaban J connectivity index is 2.04. The minimum Gasteiger partial charge on any atom is -0.454 e. The molecule has 1 aliphatic rings. The van der Waals surface area contributed by atoms with Crippen molar-refractivity contribution in [3.8, 4) is 28.1 Å². The van der Waals surface area contributed by atoms with Crippen LogP contribution >= 0.6 is 11.3 Å². The molecule has 0 amide bonds. The van der Waals surface area contributed by atoms with Gasteiger partial charge in [0.25, 0.3) is 0 Å². The molecule has 3 rings (SSSR count). The summed E-state index contributed by atoms with van der Waals surface area (Å²) in [6.45, 7) is 0.248. The van der Waals surface area contributed by atoms with E-state index in [4.69, 9.17) is 14.7 Å². The van der Waals surface area contributed by atoms with E-state index in [0.717, 1.165) is 11.3 Å². The fourth-order valence-electron chi connectivity index (χ4n) is 1.41. The van der Waals surface area contributed by atoms with Crippen LogP contribution in [0.4, 0.5) is 0 Å². The van der Waals surface area contributed by atoms with Crippen LogP contribution < -0.4 is 9.47 Å². The van der Waals surface area contributed by atoms with Crippen molar-refractivity contribution >= 4 is 11.3 Å². The van der Waals surface area contributed by atoms with E-state index in [1.165, 1.54) is 11.3 Å². The van der Waals surface area contributed by atoms with Crippen molar-refractivity contribution in [1.82, 2.24) is 10.2 Å². The second-order valence-corrected chi connectivity index (χ2v) is 4.07. The number of nitriles is 1. The first-order valence-corrected chi connectivity index (χ1v) is 5.32. The van der Waals surface area contributed by atoms with Crippen molar-refractivity contribution in [2.24, 2.45) is 0 Å². The van der Waals surface area contributed by atoms with E-state index in [1.54, 1.807) is 0 Å². The summed E-state index contributed by atoms with van der Waals surface area (Å²) >= 11 is 1.25. The first-order valence-electron chi connectivity index (χ1n) is 4.50. The van der Waals surface area contributed by atoms with E-state index in [2.05, 4.69) is 10.2 Å². The van der Waals surface area contributed by atoms with Gasteiger partial charge in [0.15, 0.2) is 11.5 Å². The van der Waals surface area contributed by atoms with Crippen LogP contribution in [0.25, 0.3) is 10.6 Å². The molecule has 5 nitrogen and oxygen atoms in total. The molecule has 78 valence electrons. The summed E-state index contributed by atoms with van der Waals surface area (Å²) in [5.74, 6) is 1.43. The maximum Gasteiger partial charge on any atom is 0.231 e. The highest BCUT2D eigenvalue weighted by Crippen LogP contribution is 2.36. The van der Waals surface area contributed by atoms with E-state index in [-0.39, 0.29) is 6.79 Å². The van der Waals surface area contributed by atoms with Crippen LogP contribution in [0.1, 0.15) is 5.01 Å². The molecule has 0 spiro atoms. The molecule has 1 aliphatic heterocycles. The number of hydrogen-bond acceptors (Lipinski definition) is 6. The summed E-state index contributed by atoms with van der Waals surface area (Å²) in [6.07, 6.45) is 0. The second-order valence-electron chi connectivity index (χ2n) is 3.09. The number of ether oxygens (including phenoxy) is 2. The van der Waals surface area contributed by atoms with Gasteiger partial charge < -0.3 is 9.47 Å². The standard InChI is InChI=1S/C10H5N3O2S/c11-4-9-12-13-10(16-9)6-1-2-7-8(3-6)15-5-14-7/h1-3H,5H2. The molecule has 0 unspecified atom stereocenters. The van der Waals surface area contributed by atoms with Gasteiger partial charge in [-0.15, -0.1) is 10.2 Å². The fraction of sp³-hybridized carbons (Fsp3) is 0.100. The van der Waals surface area contributed by atoms with Gasteiger partial charge in [0.2, 0.25) is 11.8 Å². The smallest absolute Gasteiger partial charge is 0.231 e. The monoisotopic (exact) mass is 231 g/mol. The molecule has 1 aromatic carbocycles. The van der Waals surface area contributed by atoms with Gasteiger partial charge in [0.1, 0.15) is 11.1 Å². The number of aromatic nitrogens is 2. The largest absolute Gasteiger partial charge is 0.454 e. The van der Waals surface area contributed by atoms with Crippen LogP contribution in [0.15, 0.2) is 18.2 Å². The van der Waals surface area contributed by atoms with Crippen LogP contribution in [0, 0.1) is 11.3 Å². The van der Waals surface area contributed by atoms with Crippen molar-refractivity contribution in [3.05, 3.63) is 23.2 Å². The Labute approximate surface area is 94.9 Å². The Hall–Kier alpha value is -2.13. The Kier molecular flexibility index (Phi) is 1.98. The number of rotatable bonds is 1. The zero-order valence-electron chi connectivity index (χ0n) is 8.01. The summed E-state index contributed by atoms with van der Waals surface area (Å²) < 4.78 is 10.5. The lowest BCUT2D eigenvalue weighted by atomic mass is 10.2. The SMILES string of the molecule is N#Cc1nnc(-c2ccc3c(c2)OCO3)s1. The van der Waals surface area contributed by atoms with Crippen LogP contribution in [-0.4, -0.2) is 17.0 Å². The average molecular weight is 231 g/mol. The van der Waals surface area contributed by atoms with Crippen LogP contribution in [0.2, 0.25) is 0 Å². The van der Waals surface area contributed by atoms with Crippen molar-refractivity contribution in [2.45, 2.75) is 0 Å². The van der Waals surface area contributed by atoms with Crippen LogP contribution in [0.3, 0.4) is 0 Å². The normalized spacial score (nSPS) is 12.4. The fourth-order valence-corrected chi connectivity index (χ4v) is 2.05. The van der Waals surface area contributed by atoms with Gasteiger partial charge in [-0.25, -0.2) is 0 Å². The van der Waals surface area contributed by atoms with Gasteiger partial charge in [-0.2, -0.15) is 5.26 Å². The molecule has 0 atom stereocenters. The third-order valence-electron chi connectivity index (χ3n) is 2.14. The summed E-state index contributed by atoms with van der Waals surface area (Å²) in [5.41, 5.74) is 0.878. The van der Waals surface area contributed by atoms with Crippen molar-refractivity contribution < 1.29 is 9.47 Å². The number of nitrogens with zero attached hydrogens (tertiary/aromatic N) is 3. The number of fused-ring (bicyclic) bond motifs is 1. The molecule has 0 bridgehead atoms. The second kappa shape index (κ2) is 3.47. The van der Waals surface area contributed by atoms with Crippen LogP contribution in [0.5, 0.6) is 11.5 Å². The molecule has 0 fully saturated rings. The Morgan fingerprint density at radius 2 is 2.12 bits per heavy atom. The molecule has 6 heteroatoms. The zero-order chi connectivity index (χ0) is 11.0. The molecule has 2 heterocycles. The summed E-state index contributed by atoms with van der Waals surface area (Å²) in [4.78, 5) is 0. The molecule has 2 aromatic rings. The van der Waals surface area contributed by atoms with Crippen molar-refractivity contribution in [2.75, 3.05) is 6.79 Å². The molecule has 0 saturated heterocycles. The lowest BCUT2D eigenvalue weighted by Crippen LogP contribution is -1.92. The molecule has 0 saturated carbocycles. The average Bonchev–Trinajstić information content (AvgIpc) is 2.96. The highest BCUT2D eigenvalue weighted by atomic mass is 32.1. The topological polar surface area (TPSA) is 68.0 Å². The Bertz CT molecular complexity index is 588. The van der Waals surface area contributed by atoms with Gasteiger partial charge in [-0.05, 0) is 18.2 Å². The first-order chi connectivity index (χ1) is 7.86. The van der Waals surface area contributed by atoms with E-state index in [9.17, 15) is 0 Å². The lowest BCUT2D eigenvalue weighted by molar-refractivity contribution is 0.174. The molecule has 1 aromatic heterocycles. The predicted molar refractivity (Wildman–Crippen MR) is 56.2 cm³/mol. The quantitative estimate of drug-likeness (QED) is 0.748. The van der Waals surface area contributed by atoms with Gasteiger partial charge in [-0.1, -0.05) is 11.3 Å². The minimum atomic E-state index is 0.248. The predicted octanol–water partition coefficient (Wildman–Crippen LogP) is 1.81. The molecule has 0 radical (unpaired) electrons. The maximum atomic E-state index is 8.67. The van der Waals surface area contributed by atoms with Gasteiger partial charge in [-0.3, -0.25) is 0 Å². The van der Waals surface area contributed by atoms with E-state index in [0.29, 0.717) is 15.8 Å². The minimum absolute atomic E-state index is 0.248. The summed E-state index contributed by atoms with van der Waals surface area (Å²) in [7, 11) is 0. The number of hydrogen-bond donors (Lipinski definition) is 0. The molecule has 0 N–H and O–H groups in total. The third-order valence-corrected chi connectivity index (χ3v) is 3.02. The molecular formula is C10H5N3O2S. The first kappa shape index (κ1) is 9.12. The highest BCUT2D eigenvalue weighted by molar-refractivity contribution is 7.15. The highest BCUT2D eigenvalue weighted by Gasteiger charge is 2.15. The Morgan fingerprint density at radius 1 is 1.25 bits per heavy atom. The van der Waals surface area contributed by atoms with Gasteiger partial charge in [0.05, 0.1) is 0 Å². The molecule has 16 heavy (non-hydrogen) atoms. The van der Waals surface area contributed by atoms with E-state index < -0.39 is 0 Å². The van der Waals surface area contributed by atoms with Gasteiger partial charge in [0, 0.05) is 5.56 Å².